The Morgan fingerprint density at radius 1 is 1.33 bits per heavy atom. The summed E-state index contributed by atoms with van der Waals surface area (Å²) in [4.78, 5) is 0. The number of aliphatic hydroxyl groups is 1. The molecule has 0 heterocycles. The third-order valence-corrected chi connectivity index (χ3v) is 3.23. The molecule has 1 rings (SSSR count). The van der Waals surface area contributed by atoms with E-state index in [4.69, 9.17) is 11.6 Å². The summed E-state index contributed by atoms with van der Waals surface area (Å²) in [5, 5.41) is 19.3. The first kappa shape index (κ1) is 12.3. The molecule has 2 nitrogen and oxygen atoms in total. The SMILES string of the molecule is Cc1cc(O)c(Cl)c(C)c1C(C)(C)CO. The molecule has 84 valence electrons. The van der Waals surface area contributed by atoms with Gasteiger partial charge in [0.25, 0.3) is 0 Å². The first-order valence-electron chi connectivity index (χ1n) is 4.91. The van der Waals surface area contributed by atoms with Crippen molar-refractivity contribution in [2.45, 2.75) is 33.1 Å². The highest BCUT2D eigenvalue weighted by atomic mass is 35.5. The van der Waals surface area contributed by atoms with E-state index in [-0.39, 0.29) is 17.8 Å². The number of aliphatic hydroxyl groups excluding tert-OH is 1. The molecule has 0 amide bonds. The summed E-state index contributed by atoms with van der Waals surface area (Å²) in [7, 11) is 0. The van der Waals surface area contributed by atoms with Crippen molar-refractivity contribution in [3.05, 3.63) is 27.8 Å². The van der Waals surface area contributed by atoms with Crippen molar-refractivity contribution < 1.29 is 10.2 Å². The maximum absolute atomic E-state index is 9.55. The predicted octanol–water partition coefficient (Wildman–Crippen LogP) is 2.93. The summed E-state index contributed by atoms with van der Waals surface area (Å²) >= 11 is 5.99. The molecule has 0 saturated carbocycles. The Balaban J connectivity index is 3.49. The molecule has 3 heteroatoms. The van der Waals surface area contributed by atoms with Gasteiger partial charge in [-0.05, 0) is 36.6 Å². The fraction of sp³-hybridized carbons (Fsp3) is 0.500. The van der Waals surface area contributed by atoms with Gasteiger partial charge >= 0.3 is 0 Å². The lowest BCUT2D eigenvalue weighted by Crippen LogP contribution is -2.24. The zero-order chi connectivity index (χ0) is 11.8. The zero-order valence-corrected chi connectivity index (χ0v) is 10.3. The topological polar surface area (TPSA) is 40.5 Å². The highest BCUT2D eigenvalue weighted by Crippen LogP contribution is 2.37. The molecule has 0 aliphatic carbocycles. The highest BCUT2D eigenvalue weighted by molar-refractivity contribution is 6.32. The fourth-order valence-electron chi connectivity index (χ4n) is 2.06. The summed E-state index contributed by atoms with van der Waals surface area (Å²) in [6, 6.07) is 1.64. The monoisotopic (exact) mass is 228 g/mol. The van der Waals surface area contributed by atoms with Gasteiger partial charge in [0, 0.05) is 5.41 Å². The lowest BCUT2D eigenvalue weighted by atomic mass is 9.80. The van der Waals surface area contributed by atoms with Crippen LogP contribution in [0.5, 0.6) is 5.75 Å². The van der Waals surface area contributed by atoms with Crippen LogP contribution in [0.15, 0.2) is 6.07 Å². The summed E-state index contributed by atoms with van der Waals surface area (Å²) in [5.41, 5.74) is 2.46. The van der Waals surface area contributed by atoms with Crippen LogP contribution in [0.1, 0.15) is 30.5 Å². The molecule has 1 aromatic carbocycles. The first-order chi connectivity index (χ1) is 6.81. The van der Waals surface area contributed by atoms with E-state index >= 15 is 0 Å². The third kappa shape index (κ3) is 2.11. The summed E-state index contributed by atoms with van der Waals surface area (Å²) in [6.07, 6.45) is 0. The third-order valence-electron chi connectivity index (χ3n) is 2.75. The number of phenols is 1. The van der Waals surface area contributed by atoms with E-state index in [0.717, 1.165) is 16.7 Å². The van der Waals surface area contributed by atoms with Gasteiger partial charge in [0.1, 0.15) is 5.75 Å². The minimum atomic E-state index is -0.342. The van der Waals surface area contributed by atoms with Crippen molar-refractivity contribution >= 4 is 11.6 Å². The van der Waals surface area contributed by atoms with Crippen molar-refractivity contribution in [2.24, 2.45) is 0 Å². The first-order valence-corrected chi connectivity index (χ1v) is 5.29. The van der Waals surface area contributed by atoms with E-state index in [9.17, 15) is 10.2 Å². The Labute approximate surface area is 95.5 Å². The lowest BCUT2D eigenvalue weighted by Gasteiger charge is -2.27. The summed E-state index contributed by atoms with van der Waals surface area (Å²) in [5.74, 6) is 0.101. The van der Waals surface area contributed by atoms with Crippen LogP contribution in [-0.2, 0) is 5.41 Å². The Morgan fingerprint density at radius 2 is 1.87 bits per heavy atom. The smallest absolute Gasteiger partial charge is 0.134 e. The summed E-state index contributed by atoms with van der Waals surface area (Å²) in [6.45, 7) is 7.73. The average molecular weight is 229 g/mol. The van der Waals surface area contributed by atoms with Gasteiger partial charge in [-0.1, -0.05) is 25.4 Å². The van der Waals surface area contributed by atoms with E-state index in [0.29, 0.717) is 5.02 Å². The van der Waals surface area contributed by atoms with E-state index in [2.05, 4.69) is 0 Å². The molecule has 15 heavy (non-hydrogen) atoms. The highest BCUT2D eigenvalue weighted by Gasteiger charge is 2.25. The fourth-order valence-corrected chi connectivity index (χ4v) is 2.21. The Bertz CT molecular complexity index is 384. The second-order valence-corrected chi connectivity index (χ2v) is 4.95. The Kier molecular flexibility index (Phi) is 3.31. The second-order valence-electron chi connectivity index (χ2n) is 4.57. The number of hydrogen-bond acceptors (Lipinski definition) is 2. The molecule has 0 fully saturated rings. The number of aromatic hydroxyl groups is 1. The molecule has 0 radical (unpaired) electrons. The standard InChI is InChI=1S/C12H17ClO2/c1-7-5-9(15)11(13)8(2)10(7)12(3,4)6-14/h5,14-15H,6H2,1-4H3. The Morgan fingerprint density at radius 3 is 2.33 bits per heavy atom. The van der Waals surface area contributed by atoms with Gasteiger partial charge in [-0.2, -0.15) is 0 Å². The van der Waals surface area contributed by atoms with Crippen LogP contribution in [0.2, 0.25) is 5.02 Å². The maximum Gasteiger partial charge on any atom is 0.134 e. The number of rotatable bonds is 2. The molecule has 0 unspecified atom stereocenters. The molecule has 0 aliphatic heterocycles. The van der Waals surface area contributed by atoms with Crippen LogP contribution in [0.25, 0.3) is 0 Å². The lowest BCUT2D eigenvalue weighted by molar-refractivity contribution is 0.217. The van der Waals surface area contributed by atoms with Gasteiger partial charge in [0.05, 0.1) is 11.6 Å². The van der Waals surface area contributed by atoms with E-state index in [1.165, 1.54) is 0 Å². The van der Waals surface area contributed by atoms with Gasteiger partial charge in [-0.15, -0.1) is 0 Å². The number of phenolic OH excluding ortho intramolecular Hbond substituents is 1. The van der Waals surface area contributed by atoms with Crippen LogP contribution >= 0.6 is 11.6 Å². The number of benzene rings is 1. The van der Waals surface area contributed by atoms with Gasteiger partial charge < -0.3 is 10.2 Å². The van der Waals surface area contributed by atoms with Crippen molar-refractivity contribution in [3.63, 3.8) is 0 Å². The van der Waals surface area contributed by atoms with Crippen molar-refractivity contribution in [1.82, 2.24) is 0 Å². The van der Waals surface area contributed by atoms with Crippen LogP contribution in [0, 0.1) is 13.8 Å². The molecule has 1 aromatic rings. The van der Waals surface area contributed by atoms with E-state index < -0.39 is 0 Å². The van der Waals surface area contributed by atoms with E-state index in [1.807, 2.05) is 27.7 Å². The molecule has 0 spiro atoms. The molecule has 0 saturated heterocycles. The van der Waals surface area contributed by atoms with Gasteiger partial charge in [0.2, 0.25) is 0 Å². The molecule has 0 bridgehead atoms. The average Bonchev–Trinajstić information content (AvgIpc) is 2.14. The summed E-state index contributed by atoms with van der Waals surface area (Å²) < 4.78 is 0. The molecule has 0 atom stereocenters. The van der Waals surface area contributed by atoms with Gasteiger partial charge in [-0.3, -0.25) is 0 Å². The molecule has 0 aromatic heterocycles. The minimum Gasteiger partial charge on any atom is -0.506 e. The van der Waals surface area contributed by atoms with Crippen molar-refractivity contribution in [1.29, 1.82) is 0 Å². The quantitative estimate of drug-likeness (QED) is 0.817. The molecule has 0 aliphatic rings. The predicted molar refractivity (Wildman–Crippen MR) is 62.7 cm³/mol. The van der Waals surface area contributed by atoms with E-state index in [1.54, 1.807) is 6.07 Å². The Hall–Kier alpha value is -0.730. The van der Waals surface area contributed by atoms with Crippen LogP contribution in [-0.4, -0.2) is 16.8 Å². The largest absolute Gasteiger partial charge is 0.506 e. The number of hydrogen-bond donors (Lipinski definition) is 2. The normalized spacial score (nSPS) is 11.9. The van der Waals surface area contributed by atoms with Crippen molar-refractivity contribution in [3.8, 4) is 5.75 Å². The minimum absolute atomic E-state index is 0.0514. The molecular weight excluding hydrogens is 212 g/mol. The number of aryl methyl sites for hydroxylation is 1. The maximum atomic E-state index is 9.55. The van der Waals surface area contributed by atoms with Gasteiger partial charge in [-0.25, -0.2) is 0 Å². The van der Waals surface area contributed by atoms with Crippen LogP contribution in [0.4, 0.5) is 0 Å². The van der Waals surface area contributed by atoms with Crippen LogP contribution < -0.4 is 0 Å². The van der Waals surface area contributed by atoms with Gasteiger partial charge in [0.15, 0.2) is 0 Å². The molecular formula is C12H17ClO2. The number of halogens is 1. The van der Waals surface area contributed by atoms with Crippen LogP contribution in [0.3, 0.4) is 0 Å². The second kappa shape index (κ2) is 4.03. The van der Waals surface area contributed by atoms with Crippen molar-refractivity contribution in [2.75, 3.05) is 6.61 Å². The zero-order valence-electron chi connectivity index (χ0n) is 9.56. The molecule has 2 N–H and O–H groups in total.